The summed E-state index contributed by atoms with van der Waals surface area (Å²) in [7, 11) is 0. The third-order valence-electron chi connectivity index (χ3n) is 16.2. The van der Waals surface area contributed by atoms with Crippen molar-refractivity contribution in [3.05, 3.63) is 0 Å². The average molecular weight is 757 g/mol. The van der Waals surface area contributed by atoms with Gasteiger partial charge in [-0.3, -0.25) is 0 Å². The topological polar surface area (TPSA) is 217 Å². The molecule has 8 fully saturated rings. The number of ether oxygens (including phenoxy) is 6. The second-order valence-electron chi connectivity index (χ2n) is 18.9. The maximum Gasteiger partial charge on any atom is 0.187 e. The van der Waals surface area contributed by atoms with Gasteiger partial charge in [0.1, 0.15) is 48.8 Å². The average Bonchev–Trinajstić information content (AvgIpc) is 3.58. The van der Waals surface area contributed by atoms with Gasteiger partial charge in [0, 0.05) is 12.3 Å². The highest BCUT2D eigenvalue weighted by Crippen LogP contribution is 2.71. The summed E-state index contributed by atoms with van der Waals surface area (Å²) in [5.74, 6) is 2.78. The minimum Gasteiger partial charge on any atom is -0.394 e. The molecule has 8 rings (SSSR count). The van der Waals surface area contributed by atoms with Crippen molar-refractivity contribution in [2.75, 3.05) is 19.8 Å². The predicted octanol–water partition coefficient (Wildman–Crippen LogP) is 0.413. The summed E-state index contributed by atoms with van der Waals surface area (Å²) in [6, 6.07) is 0. The van der Waals surface area contributed by atoms with Crippen LogP contribution >= 0.6 is 0 Å². The van der Waals surface area contributed by atoms with Crippen LogP contribution in [0, 0.1) is 52.3 Å². The van der Waals surface area contributed by atoms with Gasteiger partial charge in [-0.05, 0) is 97.7 Å². The number of fused-ring (bicyclic) bond motifs is 7. The molecule has 14 heteroatoms. The standard InChI is InChI=1S/C39H64O14/c1-17-7-10-39(48-16-17)18(2)28-25(53-39)12-22-20-6-5-19-11-24(23(42)13-38(19,4)21(20)8-9-37(22,28)3)49-36-34(32(46)30(44)27(15-41)51-36)52-35-33(47)31(45)29(43)26(14-40)50-35/h17-36,40-47H,5-16H2,1-4H3/t17-,18?,19+,20?,21?,22?,23-,24+,25?,26+,27+,28?,29+,30-,31-,32-,33+,34+,35-,36+,37-,38-,39+/m0/s1. The number of aliphatic hydroxyl groups is 8. The third-order valence-corrected chi connectivity index (χ3v) is 16.2. The van der Waals surface area contributed by atoms with Crippen molar-refractivity contribution < 1.29 is 69.3 Å². The van der Waals surface area contributed by atoms with Crippen LogP contribution in [-0.2, 0) is 28.4 Å². The summed E-state index contributed by atoms with van der Waals surface area (Å²) in [4.78, 5) is 0. The van der Waals surface area contributed by atoms with Crippen LogP contribution in [0.25, 0.3) is 0 Å². The summed E-state index contributed by atoms with van der Waals surface area (Å²) in [6.45, 7) is 8.96. The lowest BCUT2D eigenvalue weighted by Gasteiger charge is -2.62. The molecule has 8 aliphatic rings. The zero-order chi connectivity index (χ0) is 37.8. The molecule has 0 aromatic heterocycles. The first-order valence-electron chi connectivity index (χ1n) is 20.4. The number of rotatable bonds is 6. The molecule has 304 valence electrons. The van der Waals surface area contributed by atoms with Crippen LogP contribution in [0.1, 0.15) is 85.5 Å². The zero-order valence-electron chi connectivity index (χ0n) is 31.6. The molecule has 4 saturated heterocycles. The summed E-state index contributed by atoms with van der Waals surface area (Å²) in [5.41, 5.74) is 0.0762. The molecule has 8 N–H and O–H groups in total. The van der Waals surface area contributed by atoms with Gasteiger partial charge >= 0.3 is 0 Å². The third kappa shape index (κ3) is 6.20. The molecule has 53 heavy (non-hydrogen) atoms. The van der Waals surface area contributed by atoms with Gasteiger partial charge in [0.05, 0.1) is 38.1 Å². The lowest BCUT2D eigenvalue weighted by Crippen LogP contribution is -2.65. The SMILES string of the molecule is CC1C2C(CC3C4CC[C@@H]5C[C@@H](O[C@@H]6O[C@H](CO)[C@H](O)[C@H](O)[C@H]6O[C@@H]6O[C@H](CO)[C@@H](O)[C@H](O)[C@H]6O)[C@@H](O)C[C@]5(C)C4CC[C@@]32C)O[C@]12CC[C@H](C)CO2. The Bertz CT molecular complexity index is 1300. The molecule has 23 atom stereocenters. The van der Waals surface area contributed by atoms with E-state index in [4.69, 9.17) is 28.4 Å². The fraction of sp³-hybridized carbons (Fsp3) is 1.00. The number of aliphatic hydroxyl groups excluding tert-OH is 8. The van der Waals surface area contributed by atoms with Crippen molar-refractivity contribution >= 4 is 0 Å². The van der Waals surface area contributed by atoms with Crippen LogP contribution in [0.5, 0.6) is 0 Å². The van der Waals surface area contributed by atoms with E-state index >= 15 is 0 Å². The summed E-state index contributed by atoms with van der Waals surface area (Å²) >= 11 is 0. The molecule has 4 aliphatic heterocycles. The van der Waals surface area contributed by atoms with Gasteiger partial charge in [-0.1, -0.05) is 27.7 Å². The van der Waals surface area contributed by atoms with Crippen molar-refractivity contribution in [2.24, 2.45) is 52.3 Å². The van der Waals surface area contributed by atoms with E-state index in [1.165, 1.54) is 0 Å². The van der Waals surface area contributed by atoms with Crippen LogP contribution in [-0.4, -0.2) is 146 Å². The predicted molar refractivity (Wildman–Crippen MR) is 184 cm³/mol. The van der Waals surface area contributed by atoms with E-state index in [9.17, 15) is 40.9 Å². The zero-order valence-corrected chi connectivity index (χ0v) is 31.6. The van der Waals surface area contributed by atoms with E-state index in [-0.39, 0.29) is 22.9 Å². The lowest BCUT2D eigenvalue weighted by molar-refractivity contribution is -0.376. The van der Waals surface area contributed by atoms with E-state index in [0.717, 1.165) is 51.6 Å². The smallest absolute Gasteiger partial charge is 0.187 e. The van der Waals surface area contributed by atoms with Crippen molar-refractivity contribution in [1.82, 2.24) is 0 Å². The quantitative estimate of drug-likeness (QED) is 0.173. The first-order chi connectivity index (χ1) is 25.2. The Kier molecular flexibility index (Phi) is 10.6. The van der Waals surface area contributed by atoms with Crippen molar-refractivity contribution in [1.29, 1.82) is 0 Å². The van der Waals surface area contributed by atoms with Gasteiger partial charge in [0.2, 0.25) is 0 Å². The molecule has 0 bridgehead atoms. The fourth-order valence-corrected chi connectivity index (χ4v) is 13.2. The highest BCUT2D eigenvalue weighted by Gasteiger charge is 2.69. The van der Waals surface area contributed by atoms with Crippen LogP contribution in [0.3, 0.4) is 0 Å². The molecule has 1 spiro atoms. The Morgan fingerprint density at radius 2 is 1.40 bits per heavy atom. The van der Waals surface area contributed by atoms with E-state index in [0.29, 0.717) is 48.3 Å². The lowest BCUT2D eigenvalue weighted by atomic mass is 9.44. The second kappa shape index (κ2) is 14.4. The Labute approximate surface area is 312 Å². The number of hydrogen-bond donors (Lipinski definition) is 8. The Morgan fingerprint density at radius 3 is 2.08 bits per heavy atom. The summed E-state index contributed by atoms with van der Waals surface area (Å²) in [5, 5.41) is 84.5. The minimum absolute atomic E-state index is 0.111. The van der Waals surface area contributed by atoms with Gasteiger partial charge in [-0.25, -0.2) is 0 Å². The maximum atomic E-state index is 11.8. The van der Waals surface area contributed by atoms with Crippen molar-refractivity contribution in [2.45, 2.75) is 171 Å². The van der Waals surface area contributed by atoms with Crippen LogP contribution < -0.4 is 0 Å². The largest absolute Gasteiger partial charge is 0.394 e. The molecule has 6 unspecified atom stereocenters. The Balaban J connectivity index is 0.962. The van der Waals surface area contributed by atoms with Crippen LogP contribution in [0.2, 0.25) is 0 Å². The van der Waals surface area contributed by atoms with Crippen molar-refractivity contribution in [3.63, 3.8) is 0 Å². The number of hydrogen-bond acceptors (Lipinski definition) is 14. The van der Waals surface area contributed by atoms with Gasteiger partial charge in [-0.15, -0.1) is 0 Å². The molecule has 0 radical (unpaired) electrons. The molecular weight excluding hydrogens is 692 g/mol. The monoisotopic (exact) mass is 756 g/mol. The molecule has 0 aromatic rings. The van der Waals surface area contributed by atoms with Crippen LogP contribution in [0.15, 0.2) is 0 Å². The molecule has 14 nitrogen and oxygen atoms in total. The van der Waals surface area contributed by atoms with E-state index in [1.54, 1.807) is 0 Å². The molecule has 4 saturated carbocycles. The Morgan fingerprint density at radius 1 is 0.698 bits per heavy atom. The highest BCUT2D eigenvalue weighted by atomic mass is 16.8. The van der Waals surface area contributed by atoms with Crippen LogP contribution in [0.4, 0.5) is 0 Å². The van der Waals surface area contributed by atoms with Crippen molar-refractivity contribution in [3.8, 4) is 0 Å². The van der Waals surface area contributed by atoms with E-state index < -0.39 is 92.6 Å². The first-order valence-corrected chi connectivity index (χ1v) is 20.4. The van der Waals surface area contributed by atoms with E-state index in [2.05, 4.69) is 27.7 Å². The second-order valence-corrected chi connectivity index (χ2v) is 18.9. The Hall–Kier alpha value is -0.560. The normalized spacial score (nSPS) is 59.5. The minimum atomic E-state index is -1.76. The van der Waals surface area contributed by atoms with Gasteiger partial charge < -0.3 is 69.3 Å². The summed E-state index contributed by atoms with van der Waals surface area (Å²) in [6.07, 6.45) is -8.11. The molecule has 4 aliphatic carbocycles. The molecular formula is C39H64O14. The van der Waals surface area contributed by atoms with E-state index in [1.807, 2.05) is 0 Å². The molecule has 4 heterocycles. The van der Waals surface area contributed by atoms with Gasteiger partial charge in [0.25, 0.3) is 0 Å². The molecule has 0 amide bonds. The fourth-order valence-electron chi connectivity index (χ4n) is 13.2. The molecule has 0 aromatic carbocycles. The van der Waals surface area contributed by atoms with Gasteiger partial charge in [0.15, 0.2) is 18.4 Å². The maximum absolute atomic E-state index is 11.8. The highest BCUT2D eigenvalue weighted by molar-refractivity contribution is 5.16. The van der Waals surface area contributed by atoms with Gasteiger partial charge in [-0.2, -0.15) is 0 Å². The summed E-state index contributed by atoms with van der Waals surface area (Å²) < 4.78 is 37.2. The first kappa shape index (κ1) is 39.3.